The van der Waals surface area contributed by atoms with E-state index in [0.29, 0.717) is 5.82 Å². The number of ether oxygens (including phenoxy) is 1. The zero-order chi connectivity index (χ0) is 13.1. The van der Waals surface area contributed by atoms with Crippen molar-refractivity contribution in [2.45, 2.75) is 13.0 Å². The third-order valence-corrected chi connectivity index (χ3v) is 2.97. The average Bonchev–Trinajstić information content (AvgIpc) is 2.78. The second-order valence-corrected chi connectivity index (χ2v) is 4.06. The molecule has 0 aliphatic heterocycles. The Morgan fingerprint density at radius 2 is 2.17 bits per heavy atom. The van der Waals surface area contributed by atoms with Crippen molar-refractivity contribution in [3.63, 3.8) is 0 Å². The van der Waals surface area contributed by atoms with Crippen LogP contribution in [0.2, 0.25) is 0 Å². The maximum atomic E-state index is 5.82. The molecule has 0 aliphatic rings. The molecule has 6 heteroatoms. The van der Waals surface area contributed by atoms with Gasteiger partial charge < -0.3 is 10.5 Å². The highest BCUT2D eigenvalue weighted by atomic mass is 16.5. The lowest BCUT2D eigenvalue weighted by Gasteiger charge is -2.18. The number of nitrogens with zero attached hydrogens (tertiary/aromatic N) is 1. The van der Waals surface area contributed by atoms with Crippen LogP contribution in [0.1, 0.15) is 22.7 Å². The first kappa shape index (κ1) is 12.4. The number of hydrogen-bond donors (Lipinski definition) is 4. The van der Waals surface area contributed by atoms with E-state index in [2.05, 4.69) is 15.6 Å². The summed E-state index contributed by atoms with van der Waals surface area (Å²) in [6, 6.07) is 5.61. The van der Waals surface area contributed by atoms with Gasteiger partial charge in [-0.1, -0.05) is 6.07 Å². The molecule has 96 valence electrons. The minimum absolute atomic E-state index is 0.199. The summed E-state index contributed by atoms with van der Waals surface area (Å²) in [5.41, 5.74) is 11.5. The van der Waals surface area contributed by atoms with E-state index in [-0.39, 0.29) is 6.04 Å². The first-order valence-corrected chi connectivity index (χ1v) is 5.56. The number of methoxy groups -OCH3 is 1. The molecule has 6 nitrogen and oxygen atoms in total. The Morgan fingerprint density at radius 3 is 2.67 bits per heavy atom. The van der Waals surface area contributed by atoms with Crippen molar-refractivity contribution >= 4 is 5.82 Å². The SMILES string of the molecule is COc1ccc(C(NN)c2cn[nH]c2N)c(C)c1. The van der Waals surface area contributed by atoms with Crippen LogP contribution in [0.25, 0.3) is 0 Å². The van der Waals surface area contributed by atoms with Crippen molar-refractivity contribution in [3.8, 4) is 5.75 Å². The van der Waals surface area contributed by atoms with E-state index in [1.807, 2.05) is 25.1 Å². The second-order valence-electron chi connectivity index (χ2n) is 4.06. The fourth-order valence-electron chi connectivity index (χ4n) is 1.98. The summed E-state index contributed by atoms with van der Waals surface area (Å²) in [5.74, 6) is 6.95. The summed E-state index contributed by atoms with van der Waals surface area (Å²) < 4.78 is 5.18. The highest BCUT2D eigenvalue weighted by molar-refractivity contribution is 5.47. The van der Waals surface area contributed by atoms with Crippen LogP contribution in [0.15, 0.2) is 24.4 Å². The van der Waals surface area contributed by atoms with Gasteiger partial charge in [-0.25, -0.2) is 5.43 Å². The molecule has 1 atom stereocenters. The third kappa shape index (κ3) is 2.15. The lowest BCUT2D eigenvalue weighted by molar-refractivity contribution is 0.414. The minimum atomic E-state index is -0.199. The van der Waals surface area contributed by atoms with Gasteiger partial charge in [-0.15, -0.1) is 0 Å². The van der Waals surface area contributed by atoms with E-state index < -0.39 is 0 Å². The molecule has 2 aromatic rings. The number of rotatable bonds is 4. The van der Waals surface area contributed by atoms with Gasteiger partial charge in [0.05, 0.1) is 19.3 Å². The predicted molar refractivity (Wildman–Crippen MR) is 69.9 cm³/mol. The fourth-order valence-corrected chi connectivity index (χ4v) is 1.98. The quantitative estimate of drug-likeness (QED) is 0.474. The molecule has 0 saturated carbocycles. The molecular weight excluding hydrogens is 230 g/mol. The van der Waals surface area contributed by atoms with Crippen LogP contribution in [-0.2, 0) is 0 Å². The Bertz CT molecular complexity index is 537. The van der Waals surface area contributed by atoms with E-state index in [0.717, 1.165) is 22.4 Å². The van der Waals surface area contributed by atoms with Gasteiger partial charge >= 0.3 is 0 Å². The zero-order valence-electron chi connectivity index (χ0n) is 10.4. The molecule has 6 N–H and O–H groups in total. The van der Waals surface area contributed by atoms with Crippen LogP contribution in [0.5, 0.6) is 5.75 Å². The van der Waals surface area contributed by atoms with E-state index in [9.17, 15) is 0 Å². The number of aromatic amines is 1. The Kier molecular flexibility index (Phi) is 3.50. The van der Waals surface area contributed by atoms with Gasteiger partial charge in [-0.2, -0.15) is 5.10 Å². The second kappa shape index (κ2) is 5.07. The Balaban J connectivity index is 2.42. The Hall–Kier alpha value is -2.05. The molecule has 18 heavy (non-hydrogen) atoms. The standard InChI is InChI=1S/C12H17N5O/c1-7-5-8(18-2)3-4-9(7)11(16-14)10-6-15-17-12(10)13/h3-6,11,16H,14H2,1-2H3,(H3,13,15,17). The maximum Gasteiger partial charge on any atom is 0.124 e. The number of nitrogens with two attached hydrogens (primary N) is 2. The number of hydrazine groups is 1. The first-order valence-electron chi connectivity index (χ1n) is 5.56. The van der Waals surface area contributed by atoms with Gasteiger partial charge in [-0.3, -0.25) is 10.9 Å². The van der Waals surface area contributed by atoms with Crippen LogP contribution >= 0.6 is 0 Å². The molecular formula is C12H17N5O. The number of hydrogen-bond acceptors (Lipinski definition) is 5. The van der Waals surface area contributed by atoms with Crippen molar-refractivity contribution in [2.75, 3.05) is 12.8 Å². The van der Waals surface area contributed by atoms with Gasteiger partial charge in [0.25, 0.3) is 0 Å². The molecule has 0 fully saturated rings. The monoisotopic (exact) mass is 247 g/mol. The van der Waals surface area contributed by atoms with Gasteiger partial charge in [0.2, 0.25) is 0 Å². The number of nitrogen functional groups attached to an aromatic ring is 1. The number of benzene rings is 1. The molecule has 1 heterocycles. The summed E-state index contributed by atoms with van der Waals surface area (Å²) in [5, 5.41) is 6.61. The normalized spacial score (nSPS) is 12.4. The summed E-state index contributed by atoms with van der Waals surface area (Å²) in [6.07, 6.45) is 1.67. The van der Waals surface area contributed by atoms with Gasteiger partial charge in [0.15, 0.2) is 0 Å². The number of nitrogens with one attached hydrogen (secondary N) is 2. The van der Waals surface area contributed by atoms with Crippen molar-refractivity contribution in [1.82, 2.24) is 15.6 Å². The largest absolute Gasteiger partial charge is 0.497 e. The van der Waals surface area contributed by atoms with Crippen LogP contribution in [-0.4, -0.2) is 17.3 Å². The smallest absolute Gasteiger partial charge is 0.124 e. The Labute approximate surface area is 105 Å². The fraction of sp³-hybridized carbons (Fsp3) is 0.250. The van der Waals surface area contributed by atoms with Crippen molar-refractivity contribution in [3.05, 3.63) is 41.1 Å². The van der Waals surface area contributed by atoms with E-state index in [4.69, 9.17) is 16.3 Å². The molecule has 0 saturated heterocycles. The average molecular weight is 247 g/mol. The lowest BCUT2D eigenvalue weighted by atomic mass is 9.97. The molecule has 0 spiro atoms. The lowest BCUT2D eigenvalue weighted by Crippen LogP contribution is -2.29. The van der Waals surface area contributed by atoms with Gasteiger partial charge in [0, 0.05) is 5.56 Å². The van der Waals surface area contributed by atoms with Crippen molar-refractivity contribution in [1.29, 1.82) is 0 Å². The molecule has 1 aromatic heterocycles. The molecule has 0 radical (unpaired) electrons. The molecule has 0 amide bonds. The predicted octanol–water partition coefficient (Wildman–Crippen LogP) is 0.862. The van der Waals surface area contributed by atoms with Crippen LogP contribution in [0.4, 0.5) is 5.82 Å². The molecule has 0 aliphatic carbocycles. The van der Waals surface area contributed by atoms with Gasteiger partial charge in [-0.05, 0) is 30.2 Å². The van der Waals surface area contributed by atoms with Crippen molar-refractivity contribution < 1.29 is 4.74 Å². The maximum absolute atomic E-state index is 5.82. The van der Waals surface area contributed by atoms with Crippen LogP contribution in [0, 0.1) is 6.92 Å². The first-order chi connectivity index (χ1) is 8.67. The third-order valence-electron chi connectivity index (χ3n) is 2.97. The van der Waals surface area contributed by atoms with E-state index in [1.165, 1.54) is 0 Å². The van der Waals surface area contributed by atoms with E-state index >= 15 is 0 Å². The molecule has 2 rings (SSSR count). The Morgan fingerprint density at radius 1 is 1.39 bits per heavy atom. The molecule has 1 unspecified atom stereocenters. The highest BCUT2D eigenvalue weighted by Gasteiger charge is 2.18. The van der Waals surface area contributed by atoms with Crippen molar-refractivity contribution in [2.24, 2.45) is 5.84 Å². The summed E-state index contributed by atoms with van der Waals surface area (Å²) in [6.45, 7) is 2.00. The molecule has 1 aromatic carbocycles. The number of aromatic nitrogens is 2. The number of aryl methyl sites for hydroxylation is 1. The summed E-state index contributed by atoms with van der Waals surface area (Å²) >= 11 is 0. The van der Waals surface area contributed by atoms with Crippen LogP contribution in [0.3, 0.4) is 0 Å². The summed E-state index contributed by atoms with van der Waals surface area (Å²) in [7, 11) is 1.64. The summed E-state index contributed by atoms with van der Waals surface area (Å²) in [4.78, 5) is 0. The number of H-pyrrole nitrogens is 1. The van der Waals surface area contributed by atoms with E-state index in [1.54, 1.807) is 13.3 Å². The number of anilines is 1. The highest BCUT2D eigenvalue weighted by Crippen LogP contribution is 2.28. The van der Waals surface area contributed by atoms with Crippen LogP contribution < -0.4 is 21.7 Å². The van der Waals surface area contributed by atoms with Gasteiger partial charge in [0.1, 0.15) is 11.6 Å². The zero-order valence-corrected chi connectivity index (χ0v) is 10.4. The minimum Gasteiger partial charge on any atom is -0.497 e. The molecule has 0 bridgehead atoms. The topological polar surface area (TPSA) is 102 Å².